The van der Waals surface area contributed by atoms with Crippen molar-refractivity contribution in [3.63, 3.8) is 0 Å². The van der Waals surface area contributed by atoms with Crippen LogP contribution < -0.4 is 0 Å². The van der Waals surface area contributed by atoms with Crippen LogP contribution in [0, 0.1) is 0 Å². The Morgan fingerprint density at radius 2 is 0.438 bits per heavy atom. The number of hydrogen-bond donors (Lipinski definition) is 0. The van der Waals surface area contributed by atoms with Crippen LogP contribution in [0.2, 0.25) is 0 Å². The van der Waals surface area contributed by atoms with Crippen molar-refractivity contribution in [2.75, 3.05) is 0 Å². The zero-order valence-corrected chi connectivity index (χ0v) is 26.2. The monoisotopic (exact) mass is 613 g/mol. The van der Waals surface area contributed by atoms with Gasteiger partial charge < -0.3 is 0 Å². The van der Waals surface area contributed by atoms with Gasteiger partial charge in [0.05, 0.1) is 0 Å². The maximum Gasteiger partial charge on any atom is 0.164 e. The quantitative estimate of drug-likeness (QED) is 0.179. The summed E-state index contributed by atoms with van der Waals surface area (Å²) in [6.45, 7) is 0. The lowest BCUT2D eigenvalue weighted by atomic mass is 9.92. The first-order valence-corrected chi connectivity index (χ1v) is 16.1. The summed E-state index contributed by atoms with van der Waals surface area (Å²) >= 11 is 0. The minimum atomic E-state index is 0.647. The van der Waals surface area contributed by atoms with Crippen molar-refractivity contribution < 1.29 is 0 Å². The molecule has 0 N–H and O–H groups in total. The Morgan fingerprint density at radius 3 is 0.854 bits per heavy atom. The molecule has 1 aromatic heterocycles. The van der Waals surface area contributed by atoms with E-state index >= 15 is 0 Å². The summed E-state index contributed by atoms with van der Waals surface area (Å²) in [6.07, 6.45) is 0. The van der Waals surface area contributed by atoms with E-state index in [-0.39, 0.29) is 0 Å². The van der Waals surface area contributed by atoms with Crippen LogP contribution in [0.4, 0.5) is 0 Å². The lowest BCUT2D eigenvalue weighted by Gasteiger charge is -2.13. The van der Waals surface area contributed by atoms with E-state index in [0.717, 1.165) is 27.8 Å². The first-order chi connectivity index (χ1) is 23.8. The summed E-state index contributed by atoms with van der Waals surface area (Å²) < 4.78 is 0. The highest BCUT2D eigenvalue weighted by molar-refractivity contribution is 5.83. The van der Waals surface area contributed by atoms with Crippen molar-refractivity contribution in [3.8, 4) is 78.7 Å². The molecule has 8 rings (SSSR count). The third-order valence-corrected chi connectivity index (χ3v) is 8.52. The molecule has 0 atom stereocenters. The highest BCUT2D eigenvalue weighted by Gasteiger charge is 2.13. The normalized spacial score (nSPS) is 10.9. The molecule has 0 aliphatic heterocycles. The molecule has 0 aliphatic rings. The summed E-state index contributed by atoms with van der Waals surface area (Å²) in [6, 6.07) is 65.5. The highest BCUT2D eigenvalue weighted by Crippen LogP contribution is 2.35. The van der Waals surface area contributed by atoms with Crippen molar-refractivity contribution in [1.29, 1.82) is 0 Å². The standard InChI is InChI=1S/C45H31N3/c1-5-14-32(15-6-1)40-29-41(33-16-7-2-8-17-33)31-42(30-40)39-23-13-22-38(28-39)34-24-26-37(27-25-34)45-47-43(35-18-9-3-10-19-35)46-44(48-45)36-20-11-4-12-21-36/h1-31H. The second-order valence-corrected chi connectivity index (χ2v) is 11.7. The molecule has 3 nitrogen and oxygen atoms in total. The Morgan fingerprint density at radius 1 is 0.188 bits per heavy atom. The molecular weight excluding hydrogens is 583 g/mol. The molecule has 0 aliphatic carbocycles. The molecule has 226 valence electrons. The zero-order chi connectivity index (χ0) is 32.1. The van der Waals surface area contributed by atoms with Crippen LogP contribution in [-0.4, -0.2) is 15.0 Å². The van der Waals surface area contributed by atoms with E-state index < -0.39 is 0 Å². The van der Waals surface area contributed by atoms with E-state index in [2.05, 4.69) is 127 Å². The molecule has 8 aromatic rings. The van der Waals surface area contributed by atoms with E-state index in [9.17, 15) is 0 Å². The van der Waals surface area contributed by atoms with Crippen LogP contribution in [0.25, 0.3) is 78.7 Å². The fourth-order valence-corrected chi connectivity index (χ4v) is 6.02. The summed E-state index contributed by atoms with van der Waals surface area (Å²) in [5, 5.41) is 0. The topological polar surface area (TPSA) is 38.7 Å². The van der Waals surface area contributed by atoms with Gasteiger partial charge >= 0.3 is 0 Å². The second kappa shape index (κ2) is 13.1. The SMILES string of the molecule is c1ccc(-c2cc(-c3ccccc3)cc(-c3cccc(-c4ccc(-c5nc(-c6ccccc6)nc(-c6ccccc6)n5)cc4)c3)c2)cc1. The average Bonchev–Trinajstić information content (AvgIpc) is 3.19. The fraction of sp³-hybridized carbons (Fsp3) is 0. The van der Waals surface area contributed by atoms with Crippen molar-refractivity contribution in [1.82, 2.24) is 15.0 Å². The Labute approximate surface area is 280 Å². The summed E-state index contributed by atoms with van der Waals surface area (Å²) in [7, 11) is 0. The molecule has 0 spiro atoms. The molecule has 0 saturated carbocycles. The van der Waals surface area contributed by atoms with Crippen molar-refractivity contribution in [2.45, 2.75) is 0 Å². The Bertz CT molecular complexity index is 2180. The van der Waals surface area contributed by atoms with Gasteiger partial charge in [-0.15, -0.1) is 0 Å². The number of nitrogens with zero attached hydrogens (tertiary/aromatic N) is 3. The van der Waals surface area contributed by atoms with Gasteiger partial charge in [-0.1, -0.05) is 164 Å². The minimum absolute atomic E-state index is 0.647. The van der Waals surface area contributed by atoms with Crippen LogP contribution in [0.1, 0.15) is 0 Å². The van der Waals surface area contributed by atoms with Gasteiger partial charge in [-0.25, -0.2) is 15.0 Å². The van der Waals surface area contributed by atoms with Gasteiger partial charge in [0.15, 0.2) is 17.5 Å². The molecule has 0 bridgehead atoms. The molecule has 0 fully saturated rings. The maximum absolute atomic E-state index is 4.90. The summed E-state index contributed by atoms with van der Waals surface area (Å²) in [5.41, 5.74) is 12.3. The van der Waals surface area contributed by atoms with Crippen molar-refractivity contribution in [3.05, 3.63) is 188 Å². The van der Waals surface area contributed by atoms with Gasteiger partial charge in [-0.2, -0.15) is 0 Å². The predicted octanol–water partition coefficient (Wildman–Crippen LogP) is 11.5. The molecular formula is C45H31N3. The molecule has 1 heterocycles. The van der Waals surface area contributed by atoms with E-state index in [1.165, 1.54) is 33.4 Å². The lowest BCUT2D eigenvalue weighted by Crippen LogP contribution is -2.00. The maximum atomic E-state index is 4.90. The van der Waals surface area contributed by atoms with Crippen LogP contribution >= 0.6 is 0 Å². The van der Waals surface area contributed by atoms with Crippen molar-refractivity contribution in [2.24, 2.45) is 0 Å². The third-order valence-electron chi connectivity index (χ3n) is 8.52. The van der Waals surface area contributed by atoms with Crippen LogP contribution in [-0.2, 0) is 0 Å². The Hall–Kier alpha value is -6.45. The van der Waals surface area contributed by atoms with E-state index in [0.29, 0.717) is 17.5 Å². The number of benzene rings is 7. The zero-order valence-electron chi connectivity index (χ0n) is 26.2. The van der Waals surface area contributed by atoms with E-state index in [4.69, 9.17) is 15.0 Å². The smallest absolute Gasteiger partial charge is 0.164 e. The van der Waals surface area contributed by atoms with E-state index in [1.54, 1.807) is 0 Å². The van der Waals surface area contributed by atoms with Gasteiger partial charge in [-0.3, -0.25) is 0 Å². The van der Waals surface area contributed by atoms with E-state index in [1.807, 2.05) is 60.7 Å². The fourth-order valence-electron chi connectivity index (χ4n) is 6.02. The first kappa shape index (κ1) is 29.0. The van der Waals surface area contributed by atoms with Crippen molar-refractivity contribution >= 4 is 0 Å². The number of hydrogen-bond acceptors (Lipinski definition) is 3. The molecule has 0 unspecified atom stereocenters. The second-order valence-electron chi connectivity index (χ2n) is 11.7. The average molecular weight is 614 g/mol. The molecule has 0 radical (unpaired) electrons. The molecule has 0 saturated heterocycles. The number of rotatable bonds is 7. The van der Waals surface area contributed by atoms with Gasteiger partial charge in [0, 0.05) is 16.7 Å². The molecule has 7 aromatic carbocycles. The molecule has 48 heavy (non-hydrogen) atoms. The lowest BCUT2D eigenvalue weighted by molar-refractivity contribution is 1.07. The van der Waals surface area contributed by atoms with Crippen LogP contribution in [0.15, 0.2) is 188 Å². The van der Waals surface area contributed by atoms with Crippen LogP contribution in [0.5, 0.6) is 0 Å². The summed E-state index contributed by atoms with van der Waals surface area (Å²) in [4.78, 5) is 14.6. The molecule has 3 heteroatoms. The Kier molecular flexibility index (Phi) is 7.92. The minimum Gasteiger partial charge on any atom is -0.208 e. The van der Waals surface area contributed by atoms with Crippen LogP contribution in [0.3, 0.4) is 0 Å². The number of aromatic nitrogens is 3. The summed E-state index contributed by atoms with van der Waals surface area (Å²) in [5.74, 6) is 1.96. The third kappa shape index (κ3) is 6.18. The van der Waals surface area contributed by atoms with Gasteiger partial charge in [0.1, 0.15) is 0 Å². The molecule has 0 amide bonds. The Balaban J connectivity index is 1.16. The van der Waals surface area contributed by atoms with Gasteiger partial charge in [0.2, 0.25) is 0 Å². The first-order valence-electron chi connectivity index (χ1n) is 16.1. The van der Waals surface area contributed by atoms with Gasteiger partial charge in [0.25, 0.3) is 0 Å². The largest absolute Gasteiger partial charge is 0.208 e. The predicted molar refractivity (Wildman–Crippen MR) is 198 cm³/mol. The van der Waals surface area contributed by atoms with Gasteiger partial charge in [-0.05, 0) is 68.8 Å². The highest BCUT2D eigenvalue weighted by atomic mass is 15.0.